The Morgan fingerprint density at radius 3 is 2.61 bits per heavy atom. The predicted molar refractivity (Wildman–Crippen MR) is 120 cm³/mol. The van der Waals surface area contributed by atoms with Gasteiger partial charge in [-0.1, -0.05) is 40.8 Å². The number of anilines is 1. The predicted octanol–water partition coefficient (Wildman–Crippen LogP) is 2.81. The standard InChI is InChI=1S/C21H23N5O3S2/c1-15-4-6-16(7-5-15)19(28)25-8-10-26(11-9-25)20-23-24-21(31-20)30-14-18(27)22-13-17-3-2-12-29-17/h2-7,12H,8-11,13-14H2,1H3,(H,22,27). The number of aryl methyl sites for hydroxylation is 1. The fraction of sp³-hybridized carbons (Fsp3) is 0.333. The monoisotopic (exact) mass is 457 g/mol. The number of thioether (sulfide) groups is 1. The molecule has 3 heterocycles. The molecule has 1 aliphatic rings. The number of benzene rings is 1. The van der Waals surface area contributed by atoms with Crippen molar-refractivity contribution in [1.29, 1.82) is 0 Å². The van der Waals surface area contributed by atoms with Crippen molar-refractivity contribution in [3.05, 3.63) is 59.5 Å². The van der Waals surface area contributed by atoms with Crippen LogP contribution < -0.4 is 10.2 Å². The molecule has 2 amide bonds. The third-order valence-electron chi connectivity index (χ3n) is 4.90. The van der Waals surface area contributed by atoms with E-state index in [2.05, 4.69) is 20.4 Å². The number of hydrogen-bond donors (Lipinski definition) is 1. The highest BCUT2D eigenvalue weighted by molar-refractivity contribution is 8.01. The summed E-state index contributed by atoms with van der Waals surface area (Å²) >= 11 is 2.83. The van der Waals surface area contributed by atoms with Crippen molar-refractivity contribution in [2.24, 2.45) is 0 Å². The van der Waals surface area contributed by atoms with Gasteiger partial charge >= 0.3 is 0 Å². The highest BCUT2D eigenvalue weighted by Gasteiger charge is 2.24. The normalized spacial score (nSPS) is 14.0. The van der Waals surface area contributed by atoms with Crippen molar-refractivity contribution in [1.82, 2.24) is 20.4 Å². The summed E-state index contributed by atoms with van der Waals surface area (Å²) in [6.45, 7) is 5.09. The Labute approximate surface area is 188 Å². The fourth-order valence-electron chi connectivity index (χ4n) is 3.15. The molecule has 10 heteroatoms. The first-order valence-electron chi connectivity index (χ1n) is 9.95. The molecule has 0 unspecified atom stereocenters. The smallest absolute Gasteiger partial charge is 0.253 e. The Morgan fingerprint density at radius 2 is 1.90 bits per heavy atom. The van der Waals surface area contributed by atoms with E-state index in [1.165, 1.54) is 23.1 Å². The molecule has 8 nitrogen and oxygen atoms in total. The molecule has 4 rings (SSSR count). The maximum Gasteiger partial charge on any atom is 0.253 e. The van der Waals surface area contributed by atoms with Crippen LogP contribution in [0, 0.1) is 6.92 Å². The van der Waals surface area contributed by atoms with Crippen LogP contribution in [-0.2, 0) is 11.3 Å². The Morgan fingerprint density at radius 1 is 1.13 bits per heavy atom. The van der Waals surface area contributed by atoms with Crippen LogP contribution in [0.1, 0.15) is 21.7 Å². The van der Waals surface area contributed by atoms with Crippen LogP contribution in [0.2, 0.25) is 0 Å². The van der Waals surface area contributed by atoms with E-state index in [-0.39, 0.29) is 17.6 Å². The van der Waals surface area contributed by atoms with Gasteiger partial charge < -0.3 is 19.5 Å². The molecule has 2 aromatic heterocycles. The summed E-state index contributed by atoms with van der Waals surface area (Å²) in [6.07, 6.45) is 1.58. The Kier molecular flexibility index (Phi) is 6.88. The van der Waals surface area contributed by atoms with Gasteiger partial charge in [0, 0.05) is 31.7 Å². The van der Waals surface area contributed by atoms with E-state index in [1.54, 1.807) is 12.3 Å². The van der Waals surface area contributed by atoms with E-state index >= 15 is 0 Å². The number of nitrogens with zero attached hydrogens (tertiary/aromatic N) is 4. The van der Waals surface area contributed by atoms with E-state index < -0.39 is 0 Å². The topological polar surface area (TPSA) is 91.6 Å². The van der Waals surface area contributed by atoms with Gasteiger partial charge in [0.2, 0.25) is 11.0 Å². The number of furan rings is 1. The van der Waals surface area contributed by atoms with Crippen molar-refractivity contribution in [3.63, 3.8) is 0 Å². The molecule has 162 valence electrons. The molecule has 1 fully saturated rings. The van der Waals surface area contributed by atoms with Gasteiger partial charge in [-0.25, -0.2) is 0 Å². The van der Waals surface area contributed by atoms with Gasteiger partial charge in [-0.3, -0.25) is 9.59 Å². The van der Waals surface area contributed by atoms with E-state index in [1.807, 2.05) is 42.2 Å². The highest BCUT2D eigenvalue weighted by Crippen LogP contribution is 2.28. The first kappa shape index (κ1) is 21.4. The Bertz CT molecular complexity index is 1010. The lowest BCUT2D eigenvalue weighted by Gasteiger charge is -2.34. The van der Waals surface area contributed by atoms with Crippen molar-refractivity contribution in [3.8, 4) is 0 Å². The Balaban J connectivity index is 1.23. The van der Waals surface area contributed by atoms with Crippen LogP contribution >= 0.6 is 23.1 Å². The first-order chi connectivity index (χ1) is 15.1. The molecule has 0 atom stereocenters. The summed E-state index contributed by atoms with van der Waals surface area (Å²) in [5, 5.41) is 12.1. The van der Waals surface area contributed by atoms with Crippen molar-refractivity contribution >= 4 is 40.0 Å². The molecular weight excluding hydrogens is 434 g/mol. The second kappa shape index (κ2) is 9.97. The maximum atomic E-state index is 12.7. The largest absolute Gasteiger partial charge is 0.467 e. The zero-order chi connectivity index (χ0) is 21.6. The van der Waals surface area contributed by atoms with Gasteiger partial charge in [-0.15, -0.1) is 10.2 Å². The summed E-state index contributed by atoms with van der Waals surface area (Å²) in [6, 6.07) is 11.3. The number of amides is 2. The zero-order valence-electron chi connectivity index (χ0n) is 17.1. The van der Waals surface area contributed by atoms with Gasteiger partial charge in [0.15, 0.2) is 4.34 Å². The van der Waals surface area contributed by atoms with Crippen LogP contribution in [0.3, 0.4) is 0 Å². The van der Waals surface area contributed by atoms with Gasteiger partial charge in [0.25, 0.3) is 5.91 Å². The third-order valence-corrected chi connectivity index (χ3v) is 7.02. The molecule has 1 aliphatic heterocycles. The molecule has 1 N–H and O–H groups in total. The molecular formula is C21H23N5O3S2. The van der Waals surface area contributed by atoms with Gasteiger partial charge in [0.1, 0.15) is 5.76 Å². The van der Waals surface area contributed by atoms with E-state index in [0.717, 1.165) is 26.4 Å². The number of rotatable bonds is 7. The van der Waals surface area contributed by atoms with Crippen LogP contribution in [0.4, 0.5) is 5.13 Å². The summed E-state index contributed by atoms with van der Waals surface area (Å²) in [4.78, 5) is 28.7. The van der Waals surface area contributed by atoms with E-state index in [9.17, 15) is 9.59 Å². The minimum Gasteiger partial charge on any atom is -0.467 e. The van der Waals surface area contributed by atoms with Gasteiger partial charge in [-0.2, -0.15) is 0 Å². The molecule has 1 aromatic carbocycles. The number of carbonyl (C=O) groups is 2. The average molecular weight is 458 g/mol. The summed E-state index contributed by atoms with van der Waals surface area (Å²) < 4.78 is 5.95. The molecule has 31 heavy (non-hydrogen) atoms. The van der Waals surface area contributed by atoms with Crippen molar-refractivity contribution < 1.29 is 14.0 Å². The summed E-state index contributed by atoms with van der Waals surface area (Å²) in [5.74, 6) is 0.973. The van der Waals surface area contributed by atoms with Crippen LogP contribution in [0.15, 0.2) is 51.4 Å². The third kappa shape index (κ3) is 5.65. The number of piperazine rings is 1. The lowest BCUT2D eigenvalue weighted by Crippen LogP contribution is -2.48. The van der Waals surface area contributed by atoms with Gasteiger partial charge in [-0.05, 0) is 31.2 Å². The van der Waals surface area contributed by atoms with Gasteiger partial charge in [0.05, 0.1) is 18.6 Å². The Hall–Kier alpha value is -2.85. The minimum absolute atomic E-state index is 0.0636. The minimum atomic E-state index is -0.0821. The quantitative estimate of drug-likeness (QED) is 0.546. The maximum absolute atomic E-state index is 12.7. The lowest BCUT2D eigenvalue weighted by molar-refractivity contribution is -0.118. The van der Waals surface area contributed by atoms with Crippen molar-refractivity contribution in [2.45, 2.75) is 17.8 Å². The number of hydrogen-bond acceptors (Lipinski definition) is 8. The number of nitrogens with one attached hydrogen (secondary N) is 1. The van der Waals surface area contributed by atoms with Crippen LogP contribution in [-0.4, -0.2) is 58.8 Å². The molecule has 3 aromatic rings. The number of aromatic nitrogens is 2. The van der Waals surface area contributed by atoms with Crippen LogP contribution in [0.5, 0.6) is 0 Å². The first-order valence-corrected chi connectivity index (χ1v) is 11.7. The molecule has 0 bridgehead atoms. The summed E-state index contributed by atoms with van der Waals surface area (Å²) in [5.41, 5.74) is 1.86. The number of carbonyl (C=O) groups excluding carboxylic acids is 2. The molecule has 0 aliphatic carbocycles. The van der Waals surface area contributed by atoms with E-state index in [0.29, 0.717) is 32.7 Å². The SMILES string of the molecule is Cc1ccc(C(=O)N2CCN(c3nnc(SCC(=O)NCc4ccco4)s3)CC2)cc1. The second-order valence-corrected chi connectivity index (χ2v) is 9.32. The fourth-order valence-corrected chi connectivity index (χ4v) is 4.87. The van der Waals surface area contributed by atoms with E-state index in [4.69, 9.17) is 4.42 Å². The molecule has 0 saturated carbocycles. The lowest BCUT2D eigenvalue weighted by atomic mass is 10.1. The molecule has 0 spiro atoms. The molecule has 1 saturated heterocycles. The zero-order valence-corrected chi connectivity index (χ0v) is 18.7. The van der Waals surface area contributed by atoms with Crippen LogP contribution in [0.25, 0.3) is 0 Å². The summed E-state index contributed by atoms with van der Waals surface area (Å²) in [7, 11) is 0. The van der Waals surface area contributed by atoms with Crippen molar-refractivity contribution in [2.75, 3.05) is 36.8 Å². The second-order valence-electron chi connectivity index (χ2n) is 7.14. The average Bonchev–Trinajstić information content (AvgIpc) is 3.49. The molecule has 0 radical (unpaired) electrons. The highest BCUT2D eigenvalue weighted by atomic mass is 32.2.